The summed E-state index contributed by atoms with van der Waals surface area (Å²) in [7, 11) is 0. The normalized spacial score (nSPS) is 14.9. The molecular weight excluding hydrogens is 450 g/mol. The van der Waals surface area contributed by atoms with E-state index in [0.29, 0.717) is 41.6 Å². The summed E-state index contributed by atoms with van der Waals surface area (Å²) in [5, 5.41) is 6.65. The Balaban J connectivity index is 1.48. The maximum absolute atomic E-state index is 13.1. The molecule has 0 aliphatic carbocycles. The highest BCUT2D eigenvalue weighted by Crippen LogP contribution is 2.28. The van der Waals surface area contributed by atoms with E-state index in [9.17, 15) is 9.59 Å². The smallest absolute Gasteiger partial charge is 0.255 e. The third kappa shape index (κ3) is 5.83. The minimum Gasteiger partial charge on any atom is -0.379 e. The van der Waals surface area contributed by atoms with Crippen LogP contribution in [0, 0.1) is 6.92 Å². The lowest BCUT2D eigenvalue weighted by molar-refractivity contribution is 0.0162. The zero-order valence-electron chi connectivity index (χ0n) is 19.1. The number of hydrogen-bond donors (Lipinski definition) is 2. The second-order valence-corrected chi connectivity index (χ2v) is 8.65. The van der Waals surface area contributed by atoms with Crippen molar-refractivity contribution in [3.8, 4) is 0 Å². The number of nitrogens with one attached hydrogen (secondary N) is 2. The molecule has 34 heavy (non-hydrogen) atoms. The van der Waals surface area contributed by atoms with Crippen molar-refractivity contribution in [2.24, 2.45) is 0 Å². The van der Waals surface area contributed by atoms with Crippen molar-refractivity contribution < 1.29 is 14.3 Å². The molecule has 6 nitrogen and oxygen atoms in total. The topological polar surface area (TPSA) is 70.7 Å². The summed E-state index contributed by atoms with van der Waals surface area (Å²) >= 11 is 6.50. The van der Waals surface area contributed by atoms with E-state index >= 15 is 0 Å². The van der Waals surface area contributed by atoms with Crippen LogP contribution in [-0.4, -0.2) is 49.6 Å². The zero-order chi connectivity index (χ0) is 23.9. The molecule has 3 aromatic rings. The number of hydrogen-bond acceptors (Lipinski definition) is 4. The highest BCUT2D eigenvalue weighted by atomic mass is 35.5. The summed E-state index contributed by atoms with van der Waals surface area (Å²) in [5.74, 6) is -0.423. The van der Waals surface area contributed by atoms with E-state index in [1.807, 2.05) is 55.5 Å². The van der Waals surface area contributed by atoms with Gasteiger partial charge in [-0.1, -0.05) is 54.1 Å². The Kier molecular flexibility index (Phi) is 7.95. The number of carbonyl (C=O) groups excluding carboxylic acids is 2. The van der Waals surface area contributed by atoms with Gasteiger partial charge in [-0.2, -0.15) is 0 Å². The van der Waals surface area contributed by atoms with E-state index in [2.05, 4.69) is 15.5 Å². The number of carbonyl (C=O) groups is 2. The Morgan fingerprint density at radius 3 is 2.38 bits per heavy atom. The van der Waals surface area contributed by atoms with Crippen LogP contribution >= 0.6 is 11.6 Å². The Morgan fingerprint density at radius 2 is 1.65 bits per heavy atom. The second kappa shape index (κ2) is 11.3. The number of halogens is 1. The van der Waals surface area contributed by atoms with Crippen LogP contribution in [0.25, 0.3) is 0 Å². The molecule has 1 heterocycles. The van der Waals surface area contributed by atoms with Gasteiger partial charge < -0.3 is 15.4 Å². The molecular formula is C27H28ClN3O3. The molecule has 1 saturated heterocycles. The van der Waals surface area contributed by atoms with Gasteiger partial charge in [0.05, 0.1) is 19.3 Å². The van der Waals surface area contributed by atoms with Gasteiger partial charge in [-0.05, 0) is 48.4 Å². The van der Waals surface area contributed by atoms with Crippen molar-refractivity contribution in [2.45, 2.75) is 13.0 Å². The summed E-state index contributed by atoms with van der Waals surface area (Å²) in [6.45, 7) is 5.14. The van der Waals surface area contributed by atoms with Crippen molar-refractivity contribution in [3.05, 3.63) is 100 Å². The fourth-order valence-electron chi connectivity index (χ4n) is 4.04. The molecule has 2 amide bonds. The van der Waals surface area contributed by atoms with E-state index < -0.39 is 0 Å². The summed E-state index contributed by atoms with van der Waals surface area (Å²) in [6, 6.07) is 22.0. The number of benzene rings is 3. The van der Waals surface area contributed by atoms with Gasteiger partial charge in [0.1, 0.15) is 0 Å². The molecule has 3 aromatic carbocycles. The van der Waals surface area contributed by atoms with Crippen LogP contribution in [0.15, 0.2) is 72.8 Å². The monoisotopic (exact) mass is 477 g/mol. The average Bonchev–Trinajstić information content (AvgIpc) is 2.87. The summed E-state index contributed by atoms with van der Waals surface area (Å²) in [6.07, 6.45) is 0. The van der Waals surface area contributed by atoms with Gasteiger partial charge in [-0.15, -0.1) is 0 Å². The molecule has 7 heteroatoms. The maximum atomic E-state index is 13.1. The molecule has 2 N–H and O–H groups in total. The van der Waals surface area contributed by atoms with Crippen LogP contribution < -0.4 is 10.6 Å². The average molecular weight is 478 g/mol. The van der Waals surface area contributed by atoms with E-state index in [0.717, 1.165) is 24.2 Å². The minimum absolute atomic E-state index is 0.0655. The molecule has 1 aliphatic heterocycles. The molecule has 1 unspecified atom stereocenters. The predicted octanol–water partition coefficient (Wildman–Crippen LogP) is 4.70. The van der Waals surface area contributed by atoms with E-state index in [-0.39, 0.29) is 17.9 Å². The quantitative estimate of drug-likeness (QED) is 0.517. The minimum atomic E-state index is -0.215. The third-order valence-electron chi connectivity index (χ3n) is 5.99. The molecule has 176 valence electrons. The number of anilines is 1. The molecule has 4 rings (SSSR count). The first-order valence-corrected chi connectivity index (χ1v) is 11.7. The largest absolute Gasteiger partial charge is 0.379 e. The van der Waals surface area contributed by atoms with E-state index in [1.54, 1.807) is 24.3 Å². The molecule has 1 atom stereocenters. The Bertz CT molecular complexity index is 1150. The SMILES string of the molecule is Cc1ccc(C(=O)NCC(c2ccccc2Cl)N2CCOCC2)cc1NC(=O)c1ccccc1. The molecule has 0 saturated carbocycles. The summed E-state index contributed by atoms with van der Waals surface area (Å²) in [4.78, 5) is 27.9. The molecule has 0 spiro atoms. The van der Waals surface area contributed by atoms with E-state index in [4.69, 9.17) is 16.3 Å². The van der Waals surface area contributed by atoms with Crippen LogP contribution in [0.4, 0.5) is 5.69 Å². The summed E-state index contributed by atoms with van der Waals surface area (Å²) < 4.78 is 5.50. The van der Waals surface area contributed by atoms with Gasteiger partial charge >= 0.3 is 0 Å². The Hall–Kier alpha value is -3.19. The number of ether oxygens (including phenoxy) is 1. The van der Waals surface area contributed by atoms with Gasteiger partial charge in [0.15, 0.2) is 0 Å². The van der Waals surface area contributed by atoms with Gasteiger partial charge in [0, 0.05) is 41.5 Å². The number of morpholine rings is 1. The molecule has 1 fully saturated rings. The molecule has 0 radical (unpaired) electrons. The fourth-order valence-corrected chi connectivity index (χ4v) is 4.31. The number of rotatable bonds is 7. The number of aryl methyl sites for hydroxylation is 1. The Morgan fingerprint density at radius 1 is 0.941 bits per heavy atom. The predicted molar refractivity (Wildman–Crippen MR) is 134 cm³/mol. The third-order valence-corrected chi connectivity index (χ3v) is 6.33. The van der Waals surface area contributed by atoms with Crippen molar-refractivity contribution >= 4 is 29.1 Å². The Labute approximate surface area is 204 Å². The first kappa shape index (κ1) is 24.0. The van der Waals surface area contributed by atoms with Crippen molar-refractivity contribution in [1.29, 1.82) is 0 Å². The standard InChI is InChI=1S/C27H28ClN3O3/c1-19-11-12-21(17-24(19)30-27(33)20-7-3-2-4-8-20)26(32)29-18-25(31-13-15-34-16-14-31)22-9-5-6-10-23(22)28/h2-12,17,25H,13-16,18H2,1H3,(H,29,32)(H,30,33). The van der Waals surface area contributed by atoms with Crippen LogP contribution in [0.5, 0.6) is 0 Å². The van der Waals surface area contributed by atoms with Gasteiger partial charge in [-0.3, -0.25) is 14.5 Å². The van der Waals surface area contributed by atoms with Crippen LogP contribution in [0.1, 0.15) is 37.9 Å². The van der Waals surface area contributed by atoms with Gasteiger partial charge in [-0.25, -0.2) is 0 Å². The van der Waals surface area contributed by atoms with Crippen LogP contribution in [-0.2, 0) is 4.74 Å². The lowest BCUT2D eigenvalue weighted by Crippen LogP contribution is -2.44. The zero-order valence-corrected chi connectivity index (χ0v) is 19.8. The van der Waals surface area contributed by atoms with E-state index in [1.165, 1.54) is 0 Å². The fraction of sp³-hybridized carbons (Fsp3) is 0.259. The number of nitrogens with zero attached hydrogens (tertiary/aromatic N) is 1. The van der Waals surface area contributed by atoms with Crippen LogP contribution in [0.3, 0.4) is 0 Å². The summed E-state index contributed by atoms with van der Waals surface area (Å²) in [5.41, 5.74) is 3.50. The highest BCUT2D eigenvalue weighted by Gasteiger charge is 2.25. The van der Waals surface area contributed by atoms with Crippen molar-refractivity contribution in [1.82, 2.24) is 10.2 Å². The van der Waals surface area contributed by atoms with Crippen molar-refractivity contribution in [3.63, 3.8) is 0 Å². The number of amides is 2. The lowest BCUT2D eigenvalue weighted by atomic mass is 10.0. The first-order valence-electron chi connectivity index (χ1n) is 11.3. The molecule has 0 bridgehead atoms. The second-order valence-electron chi connectivity index (χ2n) is 8.25. The van der Waals surface area contributed by atoms with Crippen molar-refractivity contribution in [2.75, 3.05) is 38.2 Å². The first-order chi connectivity index (χ1) is 16.5. The highest BCUT2D eigenvalue weighted by molar-refractivity contribution is 6.31. The van der Waals surface area contributed by atoms with Crippen LogP contribution in [0.2, 0.25) is 5.02 Å². The lowest BCUT2D eigenvalue weighted by Gasteiger charge is -2.35. The molecule has 1 aliphatic rings. The van der Waals surface area contributed by atoms with Gasteiger partial charge in [0.2, 0.25) is 0 Å². The molecule has 0 aromatic heterocycles. The maximum Gasteiger partial charge on any atom is 0.255 e. The van der Waals surface area contributed by atoms with Gasteiger partial charge in [0.25, 0.3) is 11.8 Å².